The maximum Gasteiger partial charge on any atom is 0.321 e. The van der Waals surface area contributed by atoms with Crippen LogP contribution in [0.1, 0.15) is 12.8 Å². The second-order valence-electron chi connectivity index (χ2n) is 1.44. The maximum atomic E-state index is 11.6. The lowest BCUT2D eigenvalue weighted by molar-refractivity contribution is 0.0766. The SMILES string of the molecule is OCCCC(F)(F)Cl. The van der Waals surface area contributed by atoms with Crippen LogP contribution >= 0.6 is 11.6 Å². The Labute approximate surface area is 51.3 Å². The number of hydrogen-bond acceptors (Lipinski definition) is 1. The average molecular weight is 145 g/mol. The average Bonchev–Trinajstić information content (AvgIpc) is 1.59. The standard InChI is InChI=1S/C4H7ClF2O/c5-4(6,7)2-1-3-8/h8H,1-3H2. The van der Waals surface area contributed by atoms with Gasteiger partial charge in [0.2, 0.25) is 0 Å². The van der Waals surface area contributed by atoms with Crippen LogP contribution < -0.4 is 0 Å². The molecule has 0 saturated carbocycles. The highest BCUT2D eigenvalue weighted by molar-refractivity contribution is 6.21. The van der Waals surface area contributed by atoms with Crippen molar-refractivity contribution in [1.29, 1.82) is 0 Å². The molecule has 0 aromatic heterocycles. The van der Waals surface area contributed by atoms with Crippen molar-refractivity contribution in [2.45, 2.75) is 18.2 Å². The third-order valence-electron chi connectivity index (χ3n) is 0.618. The zero-order valence-corrected chi connectivity index (χ0v) is 4.96. The molecule has 0 atom stereocenters. The molecular weight excluding hydrogens is 137 g/mol. The van der Waals surface area contributed by atoms with Gasteiger partial charge in [0.25, 0.3) is 0 Å². The van der Waals surface area contributed by atoms with Gasteiger partial charge in [0.1, 0.15) is 0 Å². The van der Waals surface area contributed by atoms with E-state index in [9.17, 15) is 8.78 Å². The fourth-order valence-electron chi connectivity index (χ4n) is 0.280. The van der Waals surface area contributed by atoms with Gasteiger partial charge >= 0.3 is 5.38 Å². The fourth-order valence-corrected chi connectivity index (χ4v) is 0.413. The molecule has 0 amide bonds. The molecule has 0 aliphatic heterocycles. The summed E-state index contributed by atoms with van der Waals surface area (Å²) in [6, 6.07) is 0. The van der Waals surface area contributed by atoms with E-state index in [-0.39, 0.29) is 13.0 Å². The Hall–Kier alpha value is 0.110. The molecule has 4 heteroatoms. The molecule has 0 aromatic carbocycles. The van der Waals surface area contributed by atoms with Crippen LogP contribution in [0.2, 0.25) is 0 Å². The Balaban J connectivity index is 3.11. The number of halogens is 3. The van der Waals surface area contributed by atoms with Crippen LogP contribution in [-0.4, -0.2) is 17.1 Å². The lowest BCUT2D eigenvalue weighted by atomic mass is 10.3. The van der Waals surface area contributed by atoms with E-state index in [1.165, 1.54) is 0 Å². The summed E-state index contributed by atoms with van der Waals surface area (Å²) in [5.74, 6) is 0. The number of aliphatic hydroxyl groups is 1. The summed E-state index contributed by atoms with van der Waals surface area (Å²) < 4.78 is 23.1. The molecule has 0 saturated heterocycles. The van der Waals surface area contributed by atoms with Crippen LogP contribution in [0.15, 0.2) is 0 Å². The summed E-state index contributed by atoms with van der Waals surface area (Å²) in [5, 5.41) is 4.90. The highest BCUT2D eigenvalue weighted by Crippen LogP contribution is 2.23. The van der Waals surface area contributed by atoms with E-state index in [4.69, 9.17) is 5.11 Å². The van der Waals surface area contributed by atoms with Gasteiger partial charge < -0.3 is 5.11 Å². The van der Waals surface area contributed by atoms with Crippen LogP contribution in [0.25, 0.3) is 0 Å². The Morgan fingerprint density at radius 1 is 1.50 bits per heavy atom. The third kappa shape index (κ3) is 6.11. The quantitative estimate of drug-likeness (QED) is 0.597. The first kappa shape index (κ1) is 8.11. The van der Waals surface area contributed by atoms with Crippen molar-refractivity contribution in [1.82, 2.24) is 0 Å². The highest BCUT2D eigenvalue weighted by Gasteiger charge is 2.22. The van der Waals surface area contributed by atoms with Crippen molar-refractivity contribution in [2.75, 3.05) is 6.61 Å². The van der Waals surface area contributed by atoms with Gasteiger partial charge in [-0.15, -0.1) is 0 Å². The molecule has 0 aromatic rings. The van der Waals surface area contributed by atoms with E-state index in [2.05, 4.69) is 11.6 Å². The molecule has 50 valence electrons. The monoisotopic (exact) mass is 144 g/mol. The molecule has 1 nitrogen and oxygen atoms in total. The molecule has 0 heterocycles. The largest absolute Gasteiger partial charge is 0.396 e. The second kappa shape index (κ2) is 3.20. The Bertz CT molecular complexity index is 61.5. The smallest absolute Gasteiger partial charge is 0.321 e. The summed E-state index contributed by atoms with van der Waals surface area (Å²) in [7, 11) is 0. The minimum Gasteiger partial charge on any atom is -0.396 e. The number of aliphatic hydroxyl groups excluding tert-OH is 1. The molecule has 0 bridgehead atoms. The van der Waals surface area contributed by atoms with Gasteiger partial charge in [-0.05, 0) is 18.0 Å². The molecule has 0 aliphatic rings. The van der Waals surface area contributed by atoms with E-state index < -0.39 is 11.8 Å². The van der Waals surface area contributed by atoms with Gasteiger partial charge in [0.05, 0.1) is 0 Å². The summed E-state index contributed by atoms with van der Waals surface area (Å²) in [6.45, 7) is -0.234. The van der Waals surface area contributed by atoms with E-state index in [1.807, 2.05) is 0 Å². The minimum absolute atomic E-state index is 0.0521. The molecule has 1 N–H and O–H groups in total. The van der Waals surface area contributed by atoms with Crippen molar-refractivity contribution in [3.05, 3.63) is 0 Å². The first-order chi connectivity index (χ1) is 3.56. The molecule has 0 radical (unpaired) electrons. The Morgan fingerprint density at radius 3 is 2.12 bits per heavy atom. The van der Waals surface area contributed by atoms with Gasteiger partial charge in [-0.25, -0.2) is 0 Å². The van der Waals surface area contributed by atoms with Crippen molar-refractivity contribution in [3.8, 4) is 0 Å². The first-order valence-electron chi connectivity index (χ1n) is 2.24. The normalized spacial score (nSPS) is 12.0. The van der Waals surface area contributed by atoms with Gasteiger partial charge in [0.15, 0.2) is 0 Å². The topological polar surface area (TPSA) is 20.2 Å². The second-order valence-corrected chi connectivity index (χ2v) is 2.00. The maximum absolute atomic E-state index is 11.6. The van der Waals surface area contributed by atoms with E-state index in [0.717, 1.165) is 0 Å². The Morgan fingerprint density at radius 2 is 2.00 bits per heavy atom. The molecule has 8 heavy (non-hydrogen) atoms. The number of rotatable bonds is 3. The van der Waals surface area contributed by atoms with Crippen molar-refractivity contribution in [2.24, 2.45) is 0 Å². The van der Waals surface area contributed by atoms with E-state index in [1.54, 1.807) is 0 Å². The van der Waals surface area contributed by atoms with Crippen LogP contribution in [0.4, 0.5) is 8.78 Å². The predicted octanol–water partition coefficient (Wildman–Crippen LogP) is 1.59. The zero-order valence-electron chi connectivity index (χ0n) is 4.20. The molecule has 0 rings (SSSR count). The molecular formula is C4H7ClF2O. The summed E-state index contributed by atoms with van der Waals surface area (Å²) >= 11 is 4.47. The van der Waals surface area contributed by atoms with Crippen LogP contribution in [0.5, 0.6) is 0 Å². The van der Waals surface area contributed by atoms with Crippen molar-refractivity contribution in [3.63, 3.8) is 0 Å². The van der Waals surface area contributed by atoms with Crippen LogP contribution in [-0.2, 0) is 0 Å². The summed E-state index contributed by atoms with van der Waals surface area (Å²) in [4.78, 5) is 0. The lowest BCUT2D eigenvalue weighted by Gasteiger charge is -2.03. The van der Waals surface area contributed by atoms with Crippen molar-refractivity contribution >= 4 is 11.6 Å². The van der Waals surface area contributed by atoms with Gasteiger partial charge in [0, 0.05) is 13.0 Å². The fraction of sp³-hybridized carbons (Fsp3) is 1.00. The molecule has 0 spiro atoms. The number of alkyl halides is 3. The molecule has 0 unspecified atom stereocenters. The zero-order chi connectivity index (χ0) is 6.62. The summed E-state index contributed by atoms with van der Waals surface area (Å²) in [5.41, 5.74) is 0. The molecule has 0 aliphatic carbocycles. The third-order valence-corrected chi connectivity index (χ3v) is 0.807. The van der Waals surface area contributed by atoms with Gasteiger partial charge in [-0.3, -0.25) is 0 Å². The van der Waals surface area contributed by atoms with E-state index >= 15 is 0 Å². The van der Waals surface area contributed by atoms with E-state index in [0.29, 0.717) is 0 Å². The lowest BCUT2D eigenvalue weighted by Crippen LogP contribution is -2.05. The summed E-state index contributed by atoms with van der Waals surface area (Å²) in [6.07, 6.45) is -0.401. The highest BCUT2D eigenvalue weighted by atomic mass is 35.5. The first-order valence-corrected chi connectivity index (χ1v) is 2.61. The number of hydrogen-bond donors (Lipinski definition) is 1. The minimum atomic E-state index is -3.14. The van der Waals surface area contributed by atoms with Crippen LogP contribution in [0, 0.1) is 0 Å². The molecule has 0 fully saturated rings. The van der Waals surface area contributed by atoms with Crippen LogP contribution in [0.3, 0.4) is 0 Å². The van der Waals surface area contributed by atoms with Gasteiger partial charge in [-0.2, -0.15) is 8.78 Å². The Kier molecular flexibility index (Phi) is 3.24. The predicted molar refractivity (Wildman–Crippen MR) is 27.1 cm³/mol. The van der Waals surface area contributed by atoms with Gasteiger partial charge in [-0.1, -0.05) is 0 Å². The van der Waals surface area contributed by atoms with Crippen molar-refractivity contribution < 1.29 is 13.9 Å².